The molecule has 0 saturated heterocycles. The highest BCUT2D eigenvalue weighted by molar-refractivity contribution is 7.80. The van der Waals surface area contributed by atoms with E-state index in [2.05, 4.69) is 12.6 Å². The Labute approximate surface area is 151 Å². The lowest BCUT2D eigenvalue weighted by molar-refractivity contribution is -0.131. The molecular formula is C19H21NO4S. The molecule has 0 radical (unpaired) electrons. The number of hydrogen-bond donors (Lipinski definition) is 2. The zero-order chi connectivity index (χ0) is 18.6. The Kier molecular flexibility index (Phi) is 6.22. The van der Waals surface area contributed by atoms with Crippen LogP contribution in [0.3, 0.4) is 0 Å². The third-order valence-electron chi connectivity index (χ3n) is 3.68. The van der Waals surface area contributed by atoms with Crippen LogP contribution in [-0.2, 0) is 9.59 Å². The molecule has 0 aliphatic rings. The number of rotatable bonds is 3. The second-order valence-electron chi connectivity index (χ2n) is 5.61. The summed E-state index contributed by atoms with van der Waals surface area (Å²) < 4.78 is 10.9. The molecule has 0 amide bonds. The maximum atomic E-state index is 11.1. The summed E-state index contributed by atoms with van der Waals surface area (Å²) in [4.78, 5) is 22.1. The molecule has 0 fully saturated rings. The number of hydrogen-bond acceptors (Lipinski definition) is 6. The molecule has 5 nitrogen and oxygen atoms in total. The van der Waals surface area contributed by atoms with Gasteiger partial charge in [-0.15, -0.1) is 12.6 Å². The lowest BCUT2D eigenvalue weighted by Gasteiger charge is -2.00. The molecule has 1 atom stereocenters. The minimum absolute atomic E-state index is 0.0718. The smallest absolute Gasteiger partial charge is 0.308 e. The van der Waals surface area contributed by atoms with E-state index < -0.39 is 0 Å². The highest BCUT2D eigenvalue weighted by atomic mass is 32.1. The van der Waals surface area contributed by atoms with Crippen molar-refractivity contribution in [3.8, 4) is 5.75 Å². The third-order valence-corrected chi connectivity index (χ3v) is 4.04. The Morgan fingerprint density at radius 2 is 1.72 bits per heavy atom. The van der Waals surface area contributed by atoms with Gasteiger partial charge in [-0.25, -0.2) is 0 Å². The number of ketones is 1. The van der Waals surface area contributed by atoms with Crippen molar-refractivity contribution in [1.82, 2.24) is 0 Å². The van der Waals surface area contributed by atoms with Gasteiger partial charge < -0.3 is 14.9 Å². The quantitative estimate of drug-likeness (QED) is 0.418. The molecule has 3 aromatic rings. The standard InChI is InChI=1S/C14H10O3S.C5H11NO/c1-8(15)16-11-6-2-4-9-10-5-3-7-12(18)14(10)17-13(9)11;1-3-5(6)4(2)7/h2-7,18H,1H3;5H,3,6H2,1-2H3. The summed E-state index contributed by atoms with van der Waals surface area (Å²) in [6.45, 7) is 4.77. The predicted molar refractivity (Wildman–Crippen MR) is 101 cm³/mol. The fourth-order valence-electron chi connectivity index (χ4n) is 2.30. The van der Waals surface area contributed by atoms with Gasteiger partial charge in [0.1, 0.15) is 11.4 Å². The van der Waals surface area contributed by atoms with Crippen molar-refractivity contribution in [2.75, 3.05) is 0 Å². The maximum Gasteiger partial charge on any atom is 0.308 e. The molecule has 132 valence electrons. The monoisotopic (exact) mass is 359 g/mol. The van der Waals surface area contributed by atoms with Crippen molar-refractivity contribution in [2.24, 2.45) is 5.73 Å². The highest BCUT2D eigenvalue weighted by Gasteiger charge is 2.13. The summed E-state index contributed by atoms with van der Waals surface area (Å²) in [5, 5.41) is 1.88. The number of esters is 1. The Bertz CT molecular complexity index is 916. The molecule has 1 aromatic heterocycles. The lowest BCUT2D eigenvalue weighted by atomic mass is 10.1. The van der Waals surface area contributed by atoms with Gasteiger partial charge in [0.15, 0.2) is 11.3 Å². The molecule has 2 N–H and O–H groups in total. The van der Waals surface area contributed by atoms with E-state index in [4.69, 9.17) is 14.9 Å². The van der Waals surface area contributed by atoms with Gasteiger partial charge in [0, 0.05) is 22.6 Å². The molecule has 3 rings (SSSR count). The first kappa shape index (κ1) is 19.0. The summed E-state index contributed by atoms with van der Waals surface area (Å²) in [5.74, 6) is 0.139. The SMILES string of the molecule is CC(=O)Oc1cccc2c1oc1c(S)cccc12.CCC(N)C(C)=O. The molecule has 1 unspecified atom stereocenters. The number of furan rings is 1. The molecule has 0 bridgehead atoms. The van der Waals surface area contributed by atoms with Crippen LogP contribution in [0.15, 0.2) is 45.7 Å². The number of para-hydroxylation sites is 2. The first-order valence-electron chi connectivity index (χ1n) is 7.92. The summed E-state index contributed by atoms with van der Waals surface area (Å²) >= 11 is 4.36. The predicted octanol–water partition coefficient (Wildman–Crippen LogP) is 4.11. The van der Waals surface area contributed by atoms with Crippen molar-refractivity contribution in [3.05, 3.63) is 36.4 Å². The molecule has 0 aliphatic heterocycles. The first-order valence-corrected chi connectivity index (χ1v) is 8.37. The van der Waals surface area contributed by atoms with E-state index in [1.54, 1.807) is 6.07 Å². The molecular weight excluding hydrogens is 338 g/mol. The second-order valence-corrected chi connectivity index (χ2v) is 6.09. The molecule has 25 heavy (non-hydrogen) atoms. The average Bonchev–Trinajstić information content (AvgIpc) is 2.95. The Morgan fingerprint density at radius 1 is 1.12 bits per heavy atom. The van der Waals surface area contributed by atoms with Crippen LogP contribution in [-0.4, -0.2) is 17.8 Å². The van der Waals surface area contributed by atoms with Gasteiger partial charge in [0.05, 0.1) is 6.04 Å². The Morgan fingerprint density at radius 3 is 2.24 bits per heavy atom. The van der Waals surface area contributed by atoms with Crippen molar-refractivity contribution in [3.63, 3.8) is 0 Å². The van der Waals surface area contributed by atoms with Crippen molar-refractivity contribution >= 4 is 46.3 Å². The number of carbonyl (C=O) groups is 2. The van der Waals surface area contributed by atoms with Crippen LogP contribution in [0.4, 0.5) is 0 Å². The highest BCUT2D eigenvalue weighted by Crippen LogP contribution is 2.36. The molecule has 0 aliphatic carbocycles. The largest absolute Gasteiger partial charge is 0.451 e. The third kappa shape index (κ3) is 4.41. The van der Waals surface area contributed by atoms with Gasteiger partial charge in [-0.05, 0) is 25.5 Å². The van der Waals surface area contributed by atoms with Crippen LogP contribution < -0.4 is 10.5 Å². The van der Waals surface area contributed by atoms with Crippen molar-refractivity contribution in [2.45, 2.75) is 38.1 Å². The van der Waals surface area contributed by atoms with E-state index in [9.17, 15) is 9.59 Å². The average molecular weight is 359 g/mol. The number of fused-ring (bicyclic) bond motifs is 3. The second kappa shape index (κ2) is 8.18. The van der Waals surface area contributed by atoms with E-state index in [0.29, 0.717) is 16.9 Å². The van der Waals surface area contributed by atoms with Gasteiger partial charge in [-0.1, -0.05) is 31.2 Å². The number of benzene rings is 2. The number of Topliss-reactive ketones (excluding diaryl/α,β-unsaturated/α-hetero) is 1. The van der Waals surface area contributed by atoms with Crippen LogP contribution in [0, 0.1) is 0 Å². The number of nitrogens with two attached hydrogens (primary N) is 1. The van der Waals surface area contributed by atoms with E-state index in [-0.39, 0.29) is 17.8 Å². The number of ether oxygens (including phenoxy) is 1. The van der Waals surface area contributed by atoms with Crippen molar-refractivity contribution in [1.29, 1.82) is 0 Å². The number of carbonyl (C=O) groups excluding carboxylic acids is 2. The summed E-state index contributed by atoms with van der Waals surface area (Å²) in [7, 11) is 0. The Balaban J connectivity index is 0.000000277. The molecule has 1 heterocycles. The van der Waals surface area contributed by atoms with Gasteiger partial charge >= 0.3 is 5.97 Å². The van der Waals surface area contributed by atoms with Gasteiger partial charge in [-0.2, -0.15) is 0 Å². The number of thiol groups is 1. The topological polar surface area (TPSA) is 82.5 Å². The molecule has 6 heteroatoms. The molecule has 2 aromatic carbocycles. The van der Waals surface area contributed by atoms with Crippen LogP contribution in [0.25, 0.3) is 21.9 Å². The van der Waals surface area contributed by atoms with Gasteiger partial charge in [0.2, 0.25) is 0 Å². The van der Waals surface area contributed by atoms with Crippen molar-refractivity contribution < 1.29 is 18.7 Å². The maximum absolute atomic E-state index is 11.1. The van der Waals surface area contributed by atoms with Gasteiger partial charge in [-0.3, -0.25) is 9.59 Å². The fraction of sp³-hybridized carbons (Fsp3) is 0.263. The van der Waals surface area contributed by atoms with E-state index in [1.807, 2.05) is 37.3 Å². The normalized spacial score (nSPS) is 11.7. The zero-order valence-corrected chi connectivity index (χ0v) is 15.3. The van der Waals surface area contributed by atoms with Crippen LogP contribution >= 0.6 is 12.6 Å². The Hall–Kier alpha value is -2.31. The summed E-state index contributed by atoms with van der Waals surface area (Å²) in [6, 6.07) is 11.0. The summed E-state index contributed by atoms with van der Waals surface area (Å²) in [5.41, 5.74) is 6.54. The lowest BCUT2D eigenvalue weighted by Crippen LogP contribution is -2.26. The summed E-state index contributed by atoms with van der Waals surface area (Å²) in [6.07, 6.45) is 0.745. The van der Waals surface area contributed by atoms with Crippen LogP contribution in [0.5, 0.6) is 5.75 Å². The molecule has 0 saturated carbocycles. The van der Waals surface area contributed by atoms with E-state index in [1.165, 1.54) is 13.8 Å². The van der Waals surface area contributed by atoms with E-state index in [0.717, 1.165) is 22.1 Å². The zero-order valence-electron chi connectivity index (χ0n) is 14.4. The van der Waals surface area contributed by atoms with Crippen LogP contribution in [0.2, 0.25) is 0 Å². The fourth-order valence-corrected chi connectivity index (χ4v) is 2.55. The molecule has 0 spiro atoms. The minimum Gasteiger partial charge on any atom is -0.451 e. The van der Waals surface area contributed by atoms with Gasteiger partial charge in [0.25, 0.3) is 0 Å². The van der Waals surface area contributed by atoms with E-state index >= 15 is 0 Å². The first-order chi connectivity index (χ1) is 11.8. The van der Waals surface area contributed by atoms with Crippen LogP contribution in [0.1, 0.15) is 27.2 Å². The minimum atomic E-state index is -0.367.